The van der Waals surface area contributed by atoms with Crippen molar-refractivity contribution in [2.24, 2.45) is 5.28 Å². The third kappa shape index (κ3) is 1.89. The van der Waals surface area contributed by atoms with E-state index in [9.17, 15) is 15.3 Å². The van der Waals surface area contributed by atoms with Crippen LogP contribution in [-0.4, -0.2) is 15.0 Å². The Balaban J connectivity index is 3.00. The van der Waals surface area contributed by atoms with Crippen molar-refractivity contribution in [3.8, 4) is 0 Å². The van der Waals surface area contributed by atoms with Crippen LogP contribution in [0.2, 0.25) is 0 Å². The third-order valence-corrected chi connectivity index (χ3v) is 1.36. The summed E-state index contributed by atoms with van der Waals surface area (Å²) in [6.07, 6.45) is 0. The second kappa shape index (κ2) is 3.48. The van der Waals surface area contributed by atoms with Crippen LogP contribution in [0.15, 0.2) is 29.5 Å². The molecular weight excluding hydrogens is 178 g/mol. The van der Waals surface area contributed by atoms with Gasteiger partial charge < -0.3 is 10.4 Å². The number of non-ortho nitro benzene ring substituents is 1. The van der Waals surface area contributed by atoms with E-state index in [1.165, 1.54) is 12.1 Å². The molecule has 0 aliphatic heterocycles. The van der Waals surface area contributed by atoms with E-state index in [-0.39, 0.29) is 16.2 Å². The van der Waals surface area contributed by atoms with Crippen LogP contribution < -0.4 is 0 Å². The van der Waals surface area contributed by atoms with Crippen LogP contribution in [-0.2, 0) is 0 Å². The number of rotatable bonds is 2. The number of hydrogen-bond acceptors (Lipinski definition) is 4. The molecule has 0 unspecified atom stereocenters. The van der Waals surface area contributed by atoms with Crippen molar-refractivity contribution in [2.75, 3.05) is 0 Å². The Morgan fingerprint density at radius 2 is 1.62 bits per heavy atom. The fourth-order valence-corrected chi connectivity index (χ4v) is 0.754. The van der Waals surface area contributed by atoms with Gasteiger partial charge in [0.05, 0.1) is 4.92 Å². The third-order valence-electron chi connectivity index (χ3n) is 1.36. The molecule has 0 aliphatic carbocycles. The van der Waals surface area contributed by atoms with E-state index in [0.29, 0.717) is 0 Å². The first-order chi connectivity index (χ1) is 6.15. The molecule has 0 spiro atoms. The molecular formula is C6H5N3O4. The number of nitro groups is 1. The normalized spacial score (nSPS) is 11.2. The molecule has 1 rings (SSSR count). The summed E-state index contributed by atoms with van der Waals surface area (Å²) in [6.45, 7) is 0. The molecule has 0 radical (unpaired) electrons. The molecule has 68 valence electrons. The first kappa shape index (κ1) is 8.91. The average Bonchev–Trinajstić information content (AvgIpc) is 2.17. The lowest BCUT2D eigenvalue weighted by molar-refractivity contribution is -0.474. The summed E-state index contributed by atoms with van der Waals surface area (Å²) in [5.74, 6) is 0. The van der Waals surface area contributed by atoms with E-state index in [0.717, 1.165) is 12.1 Å². The van der Waals surface area contributed by atoms with Gasteiger partial charge in [0.25, 0.3) is 5.69 Å². The summed E-state index contributed by atoms with van der Waals surface area (Å²) in [5, 5.41) is 31.2. The zero-order valence-corrected chi connectivity index (χ0v) is 6.32. The Hall–Kier alpha value is -2.18. The zero-order valence-electron chi connectivity index (χ0n) is 6.32. The fourth-order valence-electron chi connectivity index (χ4n) is 0.754. The van der Waals surface area contributed by atoms with Crippen LogP contribution in [0.3, 0.4) is 0 Å². The van der Waals surface area contributed by atoms with Crippen LogP contribution in [0, 0.1) is 15.3 Å². The molecule has 0 aromatic heterocycles. The summed E-state index contributed by atoms with van der Waals surface area (Å²) in [6, 6.07) is 4.66. The molecule has 0 aliphatic rings. The maximum absolute atomic E-state index is 10.6. The van der Waals surface area contributed by atoms with Gasteiger partial charge in [-0.05, 0) is 4.86 Å². The van der Waals surface area contributed by atoms with Crippen LogP contribution in [0.1, 0.15) is 0 Å². The lowest BCUT2D eigenvalue weighted by atomic mass is 10.3. The predicted octanol–water partition coefficient (Wildman–Crippen LogP) is 1.58. The van der Waals surface area contributed by atoms with Crippen molar-refractivity contribution in [3.63, 3.8) is 0 Å². The molecule has 1 aromatic rings. The quantitative estimate of drug-likeness (QED) is 0.325. The summed E-state index contributed by atoms with van der Waals surface area (Å²) in [5.41, 5.74) is -0.108. The van der Waals surface area contributed by atoms with Gasteiger partial charge in [-0.15, -0.1) is 0 Å². The van der Waals surface area contributed by atoms with E-state index in [1.807, 2.05) is 0 Å². The van der Waals surface area contributed by atoms with E-state index in [4.69, 9.17) is 5.21 Å². The summed E-state index contributed by atoms with van der Waals surface area (Å²) in [7, 11) is 0. The minimum absolute atomic E-state index is 0.0214. The van der Waals surface area contributed by atoms with Gasteiger partial charge in [0.1, 0.15) is 0 Å². The van der Waals surface area contributed by atoms with Crippen molar-refractivity contribution in [1.82, 2.24) is 0 Å². The Morgan fingerprint density at radius 3 is 2.00 bits per heavy atom. The smallest absolute Gasteiger partial charge is 0.269 e. The van der Waals surface area contributed by atoms with Crippen molar-refractivity contribution in [3.05, 3.63) is 39.6 Å². The Morgan fingerprint density at radius 1 is 1.15 bits per heavy atom. The minimum Gasteiger partial charge on any atom is -0.592 e. The number of nitro benzene ring substituents is 1. The van der Waals surface area contributed by atoms with Crippen molar-refractivity contribution >= 4 is 11.4 Å². The molecule has 1 aromatic carbocycles. The lowest BCUT2D eigenvalue weighted by Gasteiger charge is -1.95. The Bertz CT molecular complexity index is 345. The standard InChI is InChI=1S/C6H5N3O4/c10-7-8(11)5-1-3-6(4-2-5)9(12)13/h1-4,10H/b8-7-. The molecule has 7 nitrogen and oxygen atoms in total. The second-order valence-electron chi connectivity index (χ2n) is 2.14. The first-order valence-corrected chi connectivity index (χ1v) is 3.22. The van der Waals surface area contributed by atoms with Crippen LogP contribution in [0.5, 0.6) is 0 Å². The summed E-state index contributed by atoms with van der Waals surface area (Å²) in [4.78, 5) is 9.55. The number of benzene rings is 1. The molecule has 1 N–H and O–H groups in total. The number of hydrogen-bond donors (Lipinski definition) is 1. The molecule has 0 saturated carbocycles. The van der Waals surface area contributed by atoms with E-state index in [2.05, 4.69) is 5.28 Å². The molecule has 0 saturated heterocycles. The van der Waals surface area contributed by atoms with E-state index >= 15 is 0 Å². The SMILES string of the molecule is O=[N+]([O-])c1ccc(/[N+]([O-])=N/O)cc1. The van der Waals surface area contributed by atoms with Crippen LogP contribution in [0.25, 0.3) is 0 Å². The van der Waals surface area contributed by atoms with Gasteiger partial charge in [-0.1, -0.05) is 0 Å². The highest BCUT2D eigenvalue weighted by Gasteiger charge is 2.08. The highest BCUT2D eigenvalue weighted by Crippen LogP contribution is 2.17. The Labute approximate surface area is 72.2 Å². The predicted molar refractivity (Wildman–Crippen MR) is 40.6 cm³/mol. The van der Waals surface area contributed by atoms with Crippen LogP contribution >= 0.6 is 0 Å². The van der Waals surface area contributed by atoms with Gasteiger partial charge in [-0.25, -0.2) is 0 Å². The van der Waals surface area contributed by atoms with E-state index in [1.54, 1.807) is 0 Å². The van der Waals surface area contributed by atoms with Gasteiger partial charge in [0, 0.05) is 24.3 Å². The molecule has 13 heavy (non-hydrogen) atoms. The average molecular weight is 183 g/mol. The molecule has 0 atom stereocenters. The van der Waals surface area contributed by atoms with Gasteiger partial charge >= 0.3 is 0 Å². The van der Waals surface area contributed by atoms with Crippen LogP contribution in [0.4, 0.5) is 11.4 Å². The van der Waals surface area contributed by atoms with Gasteiger partial charge in [0.2, 0.25) is 11.0 Å². The highest BCUT2D eigenvalue weighted by atomic mass is 16.6. The largest absolute Gasteiger partial charge is 0.592 e. The monoisotopic (exact) mass is 183 g/mol. The van der Waals surface area contributed by atoms with Crippen molar-refractivity contribution < 1.29 is 15.0 Å². The molecule has 0 heterocycles. The van der Waals surface area contributed by atoms with E-state index < -0.39 is 4.92 Å². The van der Waals surface area contributed by atoms with Crippen molar-refractivity contribution in [2.45, 2.75) is 0 Å². The second-order valence-corrected chi connectivity index (χ2v) is 2.14. The molecule has 0 bridgehead atoms. The zero-order chi connectivity index (χ0) is 9.84. The summed E-state index contributed by atoms with van der Waals surface area (Å²) >= 11 is 0. The molecule has 0 fully saturated rings. The number of nitrogens with zero attached hydrogens (tertiary/aromatic N) is 3. The molecule has 7 heteroatoms. The summed E-state index contributed by atoms with van der Waals surface area (Å²) < 4.78 is 0. The van der Waals surface area contributed by atoms with Crippen molar-refractivity contribution in [1.29, 1.82) is 0 Å². The van der Waals surface area contributed by atoms with Gasteiger partial charge in [-0.2, -0.15) is 0 Å². The minimum atomic E-state index is -0.588. The first-order valence-electron chi connectivity index (χ1n) is 3.22. The lowest BCUT2D eigenvalue weighted by Crippen LogP contribution is -1.91. The van der Waals surface area contributed by atoms with Gasteiger partial charge in [0.15, 0.2) is 0 Å². The molecule has 0 amide bonds. The van der Waals surface area contributed by atoms with Gasteiger partial charge in [-0.3, -0.25) is 10.1 Å². The maximum Gasteiger partial charge on any atom is 0.269 e. The maximum atomic E-state index is 10.6. The highest BCUT2D eigenvalue weighted by molar-refractivity contribution is 5.39. The Kier molecular flexibility index (Phi) is 2.38. The fraction of sp³-hybridized carbons (Fsp3) is 0. The topological polar surface area (TPSA) is 102 Å².